The number of aromatic nitrogens is 1. The number of hydrogen-bond donors (Lipinski definition) is 3. The third-order valence-corrected chi connectivity index (χ3v) is 5.63. The molecule has 6 nitrogen and oxygen atoms in total. The lowest BCUT2D eigenvalue weighted by molar-refractivity contribution is 0.577. The molecule has 0 amide bonds. The van der Waals surface area contributed by atoms with Crippen molar-refractivity contribution in [3.63, 3.8) is 0 Å². The third-order valence-electron chi connectivity index (χ3n) is 3.97. The van der Waals surface area contributed by atoms with Gasteiger partial charge in [-0.1, -0.05) is 23.4 Å². The second-order valence-electron chi connectivity index (χ2n) is 6.06. The smallest absolute Gasteiger partial charge is 0.262 e. The standard InChI is InChI=1S/C20H12ClF3N4O2S/c21-15-8-13(2-4-17(15)23)31(29,30)28-18-6-5-16(22)14(19(18)24)3-1-11-7-12(9-25)20(26)27-10-11/h2,4-10,25,28H,(H2,26,27). The molecule has 0 unspecified atom stereocenters. The highest BCUT2D eigenvalue weighted by Crippen LogP contribution is 2.25. The summed E-state index contributed by atoms with van der Waals surface area (Å²) in [4.78, 5) is 3.41. The molecule has 3 aromatic rings. The normalized spacial score (nSPS) is 10.8. The van der Waals surface area contributed by atoms with Crippen LogP contribution in [0.5, 0.6) is 0 Å². The molecular formula is C20H12ClF3N4O2S. The quantitative estimate of drug-likeness (QED) is 0.401. The summed E-state index contributed by atoms with van der Waals surface area (Å²) < 4.78 is 69.1. The molecule has 2 aromatic carbocycles. The Morgan fingerprint density at radius 1 is 1.10 bits per heavy atom. The van der Waals surface area contributed by atoms with Crippen LogP contribution in [0.4, 0.5) is 24.7 Å². The SMILES string of the molecule is N=Cc1cc(C#Cc2c(F)ccc(NS(=O)(=O)c3ccc(F)c(Cl)c3)c2F)cnc1N. The first kappa shape index (κ1) is 22.1. The van der Waals surface area contributed by atoms with Gasteiger partial charge in [0, 0.05) is 23.5 Å². The van der Waals surface area contributed by atoms with E-state index in [1.54, 1.807) is 0 Å². The molecule has 11 heteroatoms. The van der Waals surface area contributed by atoms with E-state index in [2.05, 4.69) is 16.8 Å². The number of nitrogens with zero attached hydrogens (tertiary/aromatic N) is 1. The molecule has 0 saturated carbocycles. The van der Waals surface area contributed by atoms with Crippen LogP contribution < -0.4 is 10.5 Å². The van der Waals surface area contributed by atoms with E-state index in [0.717, 1.165) is 36.5 Å². The number of rotatable bonds is 4. The van der Waals surface area contributed by atoms with E-state index in [0.29, 0.717) is 0 Å². The van der Waals surface area contributed by atoms with Crippen molar-refractivity contribution < 1.29 is 21.6 Å². The number of sulfonamides is 1. The first-order valence-corrected chi connectivity index (χ1v) is 10.2. The van der Waals surface area contributed by atoms with Gasteiger partial charge in [-0.2, -0.15) is 0 Å². The minimum atomic E-state index is -4.35. The van der Waals surface area contributed by atoms with Gasteiger partial charge in [0.2, 0.25) is 0 Å². The van der Waals surface area contributed by atoms with Gasteiger partial charge in [0.05, 0.1) is 21.2 Å². The van der Waals surface area contributed by atoms with E-state index in [4.69, 9.17) is 22.7 Å². The molecule has 0 radical (unpaired) electrons. The number of nitrogens with two attached hydrogens (primary N) is 1. The Labute approximate surface area is 180 Å². The van der Waals surface area contributed by atoms with E-state index in [1.807, 2.05) is 4.72 Å². The zero-order chi connectivity index (χ0) is 22.8. The van der Waals surface area contributed by atoms with Crippen LogP contribution in [0.1, 0.15) is 16.7 Å². The molecule has 3 rings (SSSR count). The molecule has 0 aliphatic rings. The lowest BCUT2D eigenvalue weighted by Crippen LogP contribution is -2.15. The van der Waals surface area contributed by atoms with E-state index < -0.39 is 48.6 Å². The highest BCUT2D eigenvalue weighted by Gasteiger charge is 2.20. The van der Waals surface area contributed by atoms with Crippen LogP contribution >= 0.6 is 11.6 Å². The van der Waals surface area contributed by atoms with E-state index >= 15 is 0 Å². The fourth-order valence-electron chi connectivity index (χ4n) is 2.40. The molecule has 31 heavy (non-hydrogen) atoms. The maximum Gasteiger partial charge on any atom is 0.262 e. The van der Waals surface area contributed by atoms with Crippen molar-refractivity contribution in [2.45, 2.75) is 4.90 Å². The maximum atomic E-state index is 14.8. The predicted octanol–water partition coefficient (Wildman–Crippen LogP) is 3.93. The van der Waals surface area contributed by atoms with Gasteiger partial charge < -0.3 is 11.1 Å². The number of halogens is 4. The number of nitrogens with one attached hydrogen (secondary N) is 2. The first-order valence-electron chi connectivity index (χ1n) is 8.36. The monoisotopic (exact) mass is 464 g/mol. The summed E-state index contributed by atoms with van der Waals surface area (Å²) in [6.45, 7) is 0. The summed E-state index contributed by atoms with van der Waals surface area (Å²) in [5, 5.41) is 6.81. The summed E-state index contributed by atoms with van der Waals surface area (Å²) in [6, 6.07) is 5.78. The van der Waals surface area contributed by atoms with E-state index in [1.165, 1.54) is 12.3 Å². The van der Waals surface area contributed by atoms with Gasteiger partial charge in [0.15, 0.2) is 5.82 Å². The summed E-state index contributed by atoms with van der Waals surface area (Å²) >= 11 is 5.59. The lowest BCUT2D eigenvalue weighted by Gasteiger charge is -2.11. The molecule has 1 aromatic heterocycles. The van der Waals surface area contributed by atoms with Gasteiger partial charge in [-0.3, -0.25) is 4.72 Å². The second kappa shape index (κ2) is 8.67. The van der Waals surface area contributed by atoms with Crippen LogP contribution in [-0.2, 0) is 10.0 Å². The minimum Gasteiger partial charge on any atom is -0.383 e. The Hall–Kier alpha value is -3.55. The summed E-state index contributed by atoms with van der Waals surface area (Å²) in [6.07, 6.45) is 2.21. The predicted molar refractivity (Wildman–Crippen MR) is 111 cm³/mol. The molecule has 0 fully saturated rings. The van der Waals surface area contributed by atoms with Crippen molar-refractivity contribution in [3.05, 3.63) is 81.8 Å². The zero-order valence-corrected chi connectivity index (χ0v) is 17.0. The lowest BCUT2D eigenvalue weighted by atomic mass is 10.1. The van der Waals surface area contributed by atoms with E-state index in [9.17, 15) is 21.6 Å². The summed E-state index contributed by atoms with van der Waals surface area (Å²) in [7, 11) is -4.35. The molecule has 158 valence electrons. The van der Waals surface area contributed by atoms with Gasteiger partial charge in [-0.25, -0.2) is 26.6 Å². The second-order valence-corrected chi connectivity index (χ2v) is 8.15. The molecule has 1 heterocycles. The number of pyridine rings is 1. The topological polar surface area (TPSA) is 109 Å². The zero-order valence-electron chi connectivity index (χ0n) is 15.4. The van der Waals surface area contributed by atoms with Crippen LogP contribution in [0.15, 0.2) is 47.5 Å². The highest BCUT2D eigenvalue weighted by molar-refractivity contribution is 7.92. The van der Waals surface area contributed by atoms with Crippen LogP contribution in [0, 0.1) is 34.7 Å². The van der Waals surface area contributed by atoms with Crippen molar-refractivity contribution >= 4 is 39.3 Å². The molecule has 0 atom stereocenters. The summed E-state index contributed by atoms with van der Waals surface area (Å²) in [5.41, 5.74) is 4.82. The van der Waals surface area contributed by atoms with Gasteiger partial charge >= 0.3 is 0 Å². The Kier molecular flexibility index (Phi) is 6.19. The summed E-state index contributed by atoms with van der Waals surface area (Å²) in [5.74, 6) is 1.78. The first-order chi connectivity index (χ1) is 14.6. The fraction of sp³-hybridized carbons (Fsp3) is 0. The van der Waals surface area contributed by atoms with Gasteiger partial charge in [0.1, 0.15) is 17.5 Å². The van der Waals surface area contributed by atoms with Crippen molar-refractivity contribution in [1.29, 1.82) is 5.41 Å². The fourth-order valence-corrected chi connectivity index (χ4v) is 3.74. The van der Waals surface area contributed by atoms with Crippen molar-refractivity contribution in [2.24, 2.45) is 0 Å². The van der Waals surface area contributed by atoms with E-state index in [-0.39, 0.29) is 16.9 Å². The molecule has 0 aliphatic heterocycles. The van der Waals surface area contributed by atoms with Crippen molar-refractivity contribution in [3.8, 4) is 11.8 Å². The third kappa shape index (κ3) is 4.79. The Morgan fingerprint density at radius 2 is 1.81 bits per heavy atom. The van der Waals surface area contributed by atoms with Crippen molar-refractivity contribution in [1.82, 2.24) is 4.98 Å². The van der Waals surface area contributed by atoms with Gasteiger partial charge in [0.25, 0.3) is 10.0 Å². The van der Waals surface area contributed by atoms with Gasteiger partial charge in [-0.05, 0) is 36.4 Å². The number of benzene rings is 2. The average molecular weight is 465 g/mol. The van der Waals surface area contributed by atoms with Crippen LogP contribution in [0.2, 0.25) is 5.02 Å². The minimum absolute atomic E-state index is 0.0928. The Bertz CT molecular complexity index is 1370. The Balaban J connectivity index is 1.98. The molecule has 0 bridgehead atoms. The number of anilines is 2. The van der Waals surface area contributed by atoms with Crippen LogP contribution in [0.25, 0.3) is 0 Å². The van der Waals surface area contributed by atoms with Gasteiger partial charge in [-0.15, -0.1) is 0 Å². The molecule has 4 N–H and O–H groups in total. The largest absolute Gasteiger partial charge is 0.383 e. The number of nitrogen functional groups attached to an aromatic ring is 1. The highest BCUT2D eigenvalue weighted by atomic mass is 35.5. The molecule has 0 spiro atoms. The number of hydrogen-bond acceptors (Lipinski definition) is 5. The molecular weight excluding hydrogens is 453 g/mol. The molecule has 0 aliphatic carbocycles. The molecule has 0 saturated heterocycles. The Morgan fingerprint density at radius 3 is 2.48 bits per heavy atom. The maximum absolute atomic E-state index is 14.8. The van der Waals surface area contributed by atoms with Crippen molar-refractivity contribution in [2.75, 3.05) is 10.5 Å². The van der Waals surface area contributed by atoms with Crippen LogP contribution in [-0.4, -0.2) is 19.6 Å². The van der Waals surface area contributed by atoms with Crippen LogP contribution in [0.3, 0.4) is 0 Å². The average Bonchev–Trinajstić information content (AvgIpc) is 2.73.